The molecule has 0 bridgehead atoms. The van der Waals surface area contributed by atoms with Crippen molar-refractivity contribution in [3.05, 3.63) is 0 Å². The molecule has 3 saturated carbocycles. The molecule has 1 saturated heterocycles. The van der Waals surface area contributed by atoms with Gasteiger partial charge in [-0.15, -0.1) is 0 Å². The number of hydrogen-bond donors (Lipinski definition) is 2. The average Bonchev–Trinajstić information content (AvgIpc) is 3.43. The highest BCUT2D eigenvalue weighted by Gasteiger charge is 2.59. The van der Waals surface area contributed by atoms with Crippen molar-refractivity contribution in [3.8, 4) is 0 Å². The lowest BCUT2D eigenvalue weighted by Crippen LogP contribution is -2.69. The summed E-state index contributed by atoms with van der Waals surface area (Å²) in [6, 6.07) is 0.889. The standard InChI is InChI=1S/C20H34N4O2/c1-3-26-17-13-16(20(17)9-4-10-20)23-19(21-2)22-15-7-11-24(12-8-15)18(25)14-5-6-14/h14-17H,3-13H2,1-2H3,(H2,21,22,23). The number of rotatable bonds is 5. The van der Waals surface area contributed by atoms with Crippen LogP contribution in [0.1, 0.15) is 58.3 Å². The smallest absolute Gasteiger partial charge is 0.225 e. The average molecular weight is 363 g/mol. The number of guanidine groups is 1. The molecule has 4 fully saturated rings. The third-order valence-electron chi connectivity index (χ3n) is 7.05. The van der Waals surface area contributed by atoms with Crippen LogP contribution in [0.5, 0.6) is 0 Å². The van der Waals surface area contributed by atoms with Crippen LogP contribution in [0.25, 0.3) is 0 Å². The molecule has 146 valence electrons. The molecule has 2 unspecified atom stereocenters. The normalized spacial score (nSPS) is 31.3. The van der Waals surface area contributed by atoms with E-state index < -0.39 is 0 Å². The number of carbonyl (C=O) groups is 1. The van der Waals surface area contributed by atoms with Crippen LogP contribution in [0.2, 0.25) is 0 Å². The Balaban J connectivity index is 1.25. The molecule has 4 aliphatic rings. The maximum Gasteiger partial charge on any atom is 0.225 e. The summed E-state index contributed by atoms with van der Waals surface area (Å²) < 4.78 is 5.95. The Kier molecular flexibility index (Phi) is 5.13. The number of hydrogen-bond acceptors (Lipinski definition) is 3. The molecule has 0 radical (unpaired) electrons. The van der Waals surface area contributed by atoms with Crippen molar-refractivity contribution in [2.75, 3.05) is 26.7 Å². The lowest BCUT2D eigenvalue weighted by molar-refractivity contribution is -0.168. The quantitative estimate of drug-likeness (QED) is 0.579. The van der Waals surface area contributed by atoms with E-state index in [1.54, 1.807) is 0 Å². The Morgan fingerprint density at radius 3 is 2.46 bits per heavy atom. The molecule has 0 aromatic carbocycles. The van der Waals surface area contributed by atoms with Gasteiger partial charge in [0.25, 0.3) is 0 Å². The molecule has 2 N–H and O–H groups in total. The number of piperidine rings is 1. The second kappa shape index (κ2) is 7.37. The fourth-order valence-corrected chi connectivity index (χ4v) is 5.00. The topological polar surface area (TPSA) is 66.0 Å². The number of nitrogens with one attached hydrogen (secondary N) is 2. The summed E-state index contributed by atoms with van der Waals surface area (Å²) in [5, 5.41) is 7.27. The van der Waals surface area contributed by atoms with Gasteiger partial charge in [0.1, 0.15) is 0 Å². The maximum absolute atomic E-state index is 12.2. The SMILES string of the molecule is CCOC1CC(NC(=NC)NC2CCN(C(=O)C3CC3)CC2)C12CCC2. The fourth-order valence-electron chi connectivity index (χ4n) is 5.00. The monoisotopic (exact) mass is 362 g/mol. The van der Waals surface area contributed by atoms with Crippen molar-refractivity contribution in [2.24, 2.45) is 16.3 Å². The van der Waals surface area contributed by atoms with Crippen LogP contribution in [0.15, 0.2) is 4.99 Å². The zero-order valence-electron chi connectivity index (χ0n) is 16.3. The van der Waals surface area contributed by atoms with E-state index in [0.717, 1.165) is 57.8 Å². The van der Waals surface area contributed by atoms with Gasteiger partial charge in [-0.2, -0.15) is 0 Å². The molecule has 26 heavy (non-hydrogen) atoms. The van der Waals surface area contributed by atoms with E-state index >= 15 is 0 Å². The lowest BCUT2D eigenvalue weighted by atomic mass is 9.51. The highest BCUT2D eigenvalue weighted by atomic mass is 16.5. The third-order valence-corrected chi connectivity index (χ3v) is 7.05. The van der Waals surface area contributed by atoms with Crippen molar-refractivity contribution in [1.29, 1.82) is 0 Å². The van der Waals surface area contributed by atoms with E-state index in [-0.39, 0.29) is 0 Å². The van der Waals surface area contributed by atoms with Crippen LogP contribution < -0.4 is 10.6 Å². The second-order valence-electron chi connectivity index (χ2n) is 8.55. The van der Waals surface area contributed by atoms with Crippen molar-refractivity contribution in [2.45, 2.75) is 76.5 Å². The molecular formula is C20H34N4O2. The molecule has 1 spiro atoms. The minimum absolute atomic E-state index is 0.338. The van der Waals surface area contributed by atoms with Gasteiger partial charge < -0.3 is 20.3 Å². The van der Waals surface area contributed by atoms with Gasteiger partial charge in [-0.3, -0.25) is 9.79 Å². The first kappa shape index (κ1) is 18.1. The first-order chi connectivity index (χ1) is 12.7. The maximum atomic E-state index is 12.2. The summed E-state index contributed by atoms with van der Waals surface area (Å²) in [5.74, 6) is 1.64. The first-order valence-electron chi connectivity index (χ1n) is 10.6. The summed E-state index contributed by atoms with van der Waals surface area (Å²) in [5.41, 5.74) is 0.341. The summed E-state index contributed by atoms with van der Waals surface area (Å²) >= 11 is 0. The van der Waals surface area contributed by atoms with Gasteiger partial charge in [0.05, 0.1) is 6.10 Å². The van der Waals surface area contributed by atoms with E-state index in [9.17, 15) is 4.79 Å². The number of carbonyl (C=O) groups excluding carboxylic acids is 1. The van der Waals surface area contributed by atoms with Gasteiger partial charge in [0, 0.05) is 50.2 Å². The second-order valence-corrected chi connectivity index (χ2v) is 8.55. The van der Waals surface area contributed by atoms with Crippen molar-refractivity contribution in [3.63, 3.8) is 0 Å². The van der Waals surface area contributed by atoms with Gasteiger partial charge in [-0.1, -0.05) is 6.42 Å². The number of nitrogens with zero attached hydrogens (tertiary/aromatic N) is 2. The molecule has 0 aromatic heterocycles. The molecule has 3 aliphatic carbocycles. The predicted octanol–water partition coefficient (Wildman–Crippen LogP) is 1.90. The minimum Gasteiger partial charge on any atom is -0.378 e. The summed E-state index contributed by atoms with van der Waals surface area (Å²) in [6.45, 7) is 4.66. The zero-order valence-corrected chi connectivity index (χ0v) is 16.3. The van der Waals surface area contributed by atoms with Crippen LogP contribution >= 0.6 is 0 Å². The van der Waals surface area contributed by atoms with Crippen molar-refractivity contribution in [1.82, 2.24) is 15.5 Å². The Morgan fingerprint density at radius 2 is 1.92 bits per heavy atom. The highest BCUT2D eigenvalue weighted by Crippen LogP contribution is 2.57. The van der Waals surface area contributed by atoms with E-state index in [2.05, 4.69) is 27.4 Å². The van der Waals surface area contributed by atoms with E-state index in [0.29, 0.717) is 35.4 Å². The van der Waals surface area contributed by atoms with Crippen molar-refractivity contribution >= 4 is 11.9 Å². The first-order valence-corrected chi connectivity index (χ1v) is 10.6. The van der Waals surface area contributed by atoms with E-state index in [4.69, 9.17) is 4.74 Å². The van der Waals surface area contributed by atoms with Crippen LogP contribution in [0.4, 0.5) is 0 Å². The predicted molar refractivity (Wildman–Crippen MR) is 102 cm³/mol. The molecule has 2 atom stereocenters. The number of ether oxygens (including phenoxy) is 1. The Bertz CT molecular complexity index is 548. The van der Waals surface area contributed by atoms with Crippen LogP contribution in [-0.2, 0) is 9.53 Å². The molecule has 0 aromatic rings. The van der Waals surface area contributed by atoms with Crippen molar-refractivity contribution < 1.29 is 9.53 Å². The zero-order chi connectivity index (χ0) is 18.1. The number of likely N-dealkylation sites (tertiary alicyclic amines) is 1. The van der Waals surface area contributed by atoms with E-state index in [1.165, 1.54) is 19.3 Å². The van der Waals surface area contributed by atoms with Gasteiger partial charge >= 0.3 is 0 Å². The van der Waals surface area contributed by atoms with E-state index in [1.807, 2.05) is 7.05 Å². The molecular weight excluding hydrogens is 328 g/mol. The van der Waals surface area contributed by atoms with Crippen LogP contribution in [0.3, 0.4) is 0 Å². The summed E-state index contributed by atoms with van der Waals surface area (Å²) in [4.78, 5) is 18.7. The number of amides is 1. The molecule has 1 heterocycles. The van der Waals surface area contributed by atoms with Crippen LogP contribution in [-0.4, -0.2) is 61.7 Å². The van der Waals surface area contributed by atoms with Gasteiger partial charge in [-0.25, -0.2) is 0 Å². The minimum atomic E-state index is 0.338. The molecule has 4 rings (SSSR count). The van der Waals surface area contributed by atoms with Gasteiger partial charge in [0.15, 0.2) is 5.96 Å². The summed E-state index contributed by atoms with van der Waals surface area (Å²) in [6.07, 6.45) is 9.59. The number of aliphatic imine (C=N–C) groups is 1. The Morgan fingerprint density at radius 1 is 1.19 bits per heavy atom. The summed E-state index contributed by atoms with van der Waals surface area (Å²) in [7, 11) is 1.85. The molecule has 1 aliphatic heterocycles. The Hall–Kier alpha value is -1.30. The largest absolute Gasteiger partial charge is 0.378 e. The molecule has 6 nitrogen and oxygen atoms in total. The van der Waals surface area contributed by atoms with Gasteiger partial charge in [-0.05, 0) is 51.9 Å². The van der Waals surface area contributed by atoms with Gasteiger partial charge in [0.2, 0.25) is 5.91 Å². The molecule has 6 heteroatoms. The fraction of sp³-hybridized carbons (Fsp3) is 0.900. The molecule has 1 amide bonds. The Labute approximate surface area is 157 Å². The lowest BCUT2D eigenvalue weighted by Gasteiger charge is -2.61. The van der Waals surface area contributed by atoms with Crippen LogP contribution in [0, 0.1) is 11.3 Å². The highest BCUT2D eigenvalue weighted by molar-refractivity contribution is 5.82. The third kappa shape index (κ3) is 3.32.